The van der Waals surface area contributed by atoms with Gasteiger partial charge in [0.2, 0.25) is 0 Å². The van der Waals surface area contributed by atoms with Gasteiger partial charge in [-0.15, -0.1) is 0 Å². The molecule has 0 saturated heterocycles. The van der Waals surface area contributed by atoms with E-state index in [1.54, 1.807) is 12.2 Å². The Labute approximate surface area is 363 Å². The first-order valence-electron chi connectivity index (χ1n) is 22.3. The van der Waals surface area contributed by atoms with Crippen molar-refractivity contribution in [3.63, 3.8) is 0 Å². The molecule has 0 amide bonds. The van der Waals surface area contributed by atoms with Crippen LogP contribution in [-0.4, -0.2) is 36.7 Å². The molecule has 0 spiro atoms. The lowest BCUT2D eigenvalue weighted by atomic mass is 10.0. The van der Waals surface area contributed by atoms with Crippen LogP contribution in [0.2, 0.25) is 0 Å². The SMILES string of the molecule is CCCCCCCCCCOc1ccc(/C=C/C(=O)Oc2ccc(C(=O)CC(=O)c3ccc(OC(=O)/C=C/c4ccc(OCCCCCCCCCC)cc4)cc3)cc2)cc1. The maximum atomic E-state index is 12.9. The van der Waals surface area contributed by atoms with E-state index in [9.17, 15) is 19.2 Å². The number of hydrogen-bond donors (Lipinski definition) is 0. The normalized spacial score (nSPS) is 11.2. The minimum absolute atomic E-state index is 0.273. The first-order valence-corrected chi connectivity index (χ1v) is 22.3. The molecule has 0 N–H and O–H groups in total. The van der Waals surface area contributed by atoms with Crippen molar-refractivity contribution in [3.8, 4) is 23.0 Å². The number of unbranched alkanes of at least 4 members (excludes halogenated alkanes) is 14. The zero-order valence-corrected chi connectivity index (χ0v) is 36.2. The summed E-state index contributed by atoms with van der Waals surface area (Å²) in [5.41, 5.74) is 2.29. The molecular weight excluding hydrogens is 765 g/mol. The second kappa shape index (κ2) is 28.7. The van der Waals surface area contributed by atoms with Crippen LogP contribution in [0.4, 0.5) is 0 Å². The van der Waals surface area contributed by atoms with E-state index in [0.717, 1.165) is 35.5 Å². The molecule has 0 atom stereocenters. The Kier molecular flexibility index (Phi) is 22.5. The smallest absolute Gasteiger partial charge is 0.336 e. The summed E-state index contributed by atoms with van der Waals surface area (Å²) in [6, 6.07) is 27.2. The Hall–Kier alpha value is -5.76. The molecule has 4 aromatic carbocycles. The minimum atomic E-state index is -0.561. The fourth-order valence-electron chi connectivity index (χ4n) is 6.60. The molecule has 0 aliphatic rings. The number of carbonyl (C=O) groups is 4. The first kappa shape index (κ1) is 47.9. The van der Waals surface area contributed by atoms with Gasteiger partial charge < -0.3 is 18.9 Å². The largest absolute Gasteiger partial charge is 0.494 e. The summed E-state index contributed by atoms with van der Waals surface area (Å²) in [4.78, 5) is 50.7. The van der Waals surface area contributed by atoms with Crippen molar-refractivity contribution in [1.82, 2.24) is 0 Å². The lowest BCUT2D eigenvalue weighted by molar-refractivity contribution is -0.129. The van der Waals surface area contributed by atoms with E-state index in [-0.39, 0.29) is 29.5 Å². The van der Waals surface area contributed by atoms with Gasteiger partial charge in [0, 0.05) is 23.3 Å². The number of rotatable bonds is 30. The average molecular weight is 829 g/mol. The van der Waals surface area contributed by atoms with Crippen molar-refractivity contribution >= 4 is 35.7 Å². The van der Waals surface area contributed by atoms with Gasteiger partial charge in [-0.05, 0) is 109 Å². The van der Waals surface area contributed by atoms with Crippen LogP contribution in [0.25, 0.3) is 12.2 Å². The van der Waals surface area contributed by atoms with Crippen molar-refractivity contribution in [2.45, 2.75) is 123 Å². The molecule has 324 valence electrons. The zero-order chi connectivity index (χ0) is 43.3. The highest BCUT2D eigenvalue weighted by molar-refractivity contribution is 6.13. The van der Waals surface area contributed by atoms with Gasteiger partial charge in [0.1, 0.15) is 23.0 Å². The number of carbonyl (C=O) groups excluding carboxylic acids is 4. The van der Waals surface area contributed by atoms with Gasteiger partial charge in [-0.25, -0.2) is 9.59 Å². The molecule has 0 aliphatic heterocycles. The molecule has 4 aromatic rings. The van der Waals surface area contributed by atoms with Gasteiger partial charge in [-0.3, -0.25) is 9.59 Å². The van der Waals surface area contributed by atoms with Crippen LogP contribution in [0, 0.1) is 0 Å². The van der Waals surface area contributed by atoms with Crippen molar-refractivity contribution in [2.24, 2.45) is 0 Å². The number of ketones is 2. The fraction of sp³-hybridized carbons (Fsp3) is 0.396. The third-order valence-corrected chi connectivity index (χ3v) is 10.2. The van der Waals surface area contributed by atoms with E-state index in [2.05, 4.69) is 13.8 Å². The second-order valence-electron chi connectivity index (χ2n) is 15.4. The third kappa shape index (κ3) is 19.9. The maximum Gasteiger partial charge on any atom is 0.336 e. The van der Waals surface area contributed by atoms with Crippen LogP contribution in [0.15, 0.2) is 109 Å². The second-order valence-corrected chi connectivity index (χ2v) is 15.4. The number of hydrogen-bond acceptors (Lipinski definition) is 8. The molecule has 8 heteroatoms. The van der Waals surface area contributed by atoms with E-state index in [4.69, 9.17) is 18.9 Å². The molecule has 8 nitrogen and oxygen atoms in total. The van der Waals surface area contributed by atoms with Gasteiger partial charge in [-0.2, -0.15) is 0 Å². The Morgan fingerprint density at radius 3 is 1.05 bits per heavy atom. The highest BCUT2D eigenvalue weighted by Gasteiger charge is 2.15. The van der Waals surface area contributed by atoms with Crippen molar-refractivity contribution in [3.05, 3.63) is 131 Å². The maximum absolute atomic E-state index is 12.9. The van der Waals surface area contributed by atoms with Gasteiger partial charge >= 0.3 is 11.9 Å². The van der Waals surface area contributed by atoms with Gasteiger partial charge in [0.25, 0.3) is 0 Å². The Balaban J connectivity index is 1.11. The first-order chi connectivity index (χ1) is 29.8. The molecular formula is C53H64O8. The summed E-state index contributed by atoms with van der Waals surface area (Å²) in [7, 11) is 0. The van der Waals surface area contributed by atoms with E-state index < -0.39 is 11.9 Å². The van der Waals surface area contributed by atoms with Crippen LogP contribution in [0.1, 0.15) is 155 Å². The van der Waals surface area contributed by atoms with Crippen LogP contribution in [0.5, 0.6) is 23.0 Å². The molecule has 61 heavy (non-hydrogen) atoms. The predicted molar refractivity (Wildman–Crippen MR) is 245 cm³/mol. The lowest BCUT2D eigenvalue weighted by Crippen LogP contribution is -2.09. The van der Waals surface area contributed by atoms with Crippen LogP contribution in [0.3, 0.4) is 0 Å². The average Bonchev–Trinajstić information content (AvgIpc) is 3.27. The molecule has 0 aliphatic carbocycles. The topological polar surface area (TPSA) is 105 Å². The summed E-state index contributed by atoms with van der Waals surface area (Å²) in [6.45, 7) is 5.85. The van der Waals surface area contributed by atoms with Crippen molar-refractivity contribution < 1.29 is 38.1 Å². The highest BCUT2D eigenvalue weighted by atomic mass is 16.5. The lowest BCUT2D eigenvalue weighted by Gasteiger charge is -2.07. The van der Waals surface area contributed by atoms with Crippen LogP contribution >= 0.6 is 0 Å². The molecule has 0 unspecified atom stereocenters. The van der Waals surface area contributed by atoms with E-state index in [1.165, 1.54) is 151 Å². The van der Waals surface area contributed by atoms with Crippen molar-refractivity contribution in [1.29, 1.82) is 0 Å². The van der Waals surface area contributed by atoms with E-state index in [0.29, 0.717) is 24.3 Å². The number of esters is 2. The summed E-state index contributed by atoms with van der Waals surface area (Å²) in [5, 5.41) is 0. The Bertz CT molecular complexity index is 1800. The molecule has 0 heterocycles. The van der Waals surface area contributed by atoms with Gasteiger partial charge in [-0.1, -0.05) is 128 Å². The predicted octanol–water partition coefficient (Wildman–Crippen LogP) is 13.4. The summed E-state index contributed by atoms with van der Waals surface area (Å²) >= 11 is 0. The summed E-state index contributed by atoms with van der Waals surface area (Å²) in [6.07, 6.45) is 25.7. The molecule has 0 saturated carbocycles. The van der Waals surface area contributed by atoms with Gasteiger partial charge in [0.15, 0.2) is 11.6 Å². The number of benzene rings is 4. The Morgan fingerprint density at radius 2 is 0.705 bits per heavy atom. The standard InChI is InChI=1S/C53H64O8/c1-3-5-7-9-11-13-15-17-39-58-46-29-19-42(20-30-46)23-37-52(56)60-48-33-25-44(26-34-48)50(54)41-51(55)45-27-35-49(36-28-45)61-53(57)38-24-43-21-31-47(32-22-43)59-40-18-16-14-12-10-8-6-4-2/h19-38H,3-18,39-41H2,1-2H3/b37-23+,38-24+. The van der Waals surface area contributed by atoms with Crippen LogP contribution < -0.4 is 18.9 Å². The molecule has 0 bridgehead atoms. The van der Waals surface area contributed by atoms with E-state index >= 15 is 0 Å². The van der Waals surface area contributed by atoms with Gasteiger partial charge in [0.05, 0.1) is 19.6 Å². The van der Waals surface area contributed by atoms with Crippen molar-refractivity contribution in [2.75, 3.05) is 13.2 Å². The third-order valence-electron chi connectivity index (χ3n) is 10.2. The summed E-state index contributed by atoms with van der Waals surface area (Å²) in [5.74, 6) is 0.264. The molecule has 0 aromatic heterocycles. The molecule has 4 rings (SSSR count). The summed E-state index contributed by atoms with van der Waals surface area (Å²) < 4.78 is 22.5. The Morgan fingerprint density at radius 1 is 0.393 bits per heavy atom. The monoisotopic (exact) mass is 828 g/mol. The fourth-order valence-corrected chi connectivity index (χ4v) is 6.60. The molecule has 0 radical (unpaired) electrons. The van der Waals surface area contributed by atoms with E-state index in [1.807, 2.05) is 48.5 Å². The zero-order valence-electron chi connectivity index (χ0n) is 36.2. The number of Topliss-reactive ketones (excluding diaryl/α,β-unsaturated/α-hetero) is 2. The number of ether oxygens (including phenoxy) is 4. The highest BCUT2D eigenvalue weighted by Crippen LogP contribution is 2.20. The quantitative estimate of drug-likeness (QED) is 0.0128. The van der Waals surface area contributed by atoms with Crippen LogP contribution in [-0.2, 0) is 9.59 Å². The minimum Gasteiger partial charge on any atom is -0.494 e. The molecule has 0 fully saturated rings.